The van der Waals surface area contributed by atoms with Crippen LogP contribution in [-0.2, 0) is 44.8 Å². The van der Waals surface area contributed by atoms with Crippen molar-refractivity contribution in [1.29, 1.82) is 0 Å². The van der Waals surface area contributed by atoms with E-state index in [4.69, 9.17) is 4.74 Å². The number of fused-ring (bicyclic) bond motifs is 2. The van der Waals surface area contributed by atoms with Crippen molar-refractivity contribution in [1.82, 2.24) is 55.8 Å². The lowest BCUT2D eigenvalue weighted by molar-refractivity contribution is -0.150. The maximum absolute atomic E-state index is 12.6. The van der Waals surface area contributed by atoms with Gasteiger partial charge >= 0.3 is 17.9 Å². The van der Waals surface area contributed by atoms with Crippen LogP contribution in [0.3, 0.4) is 0 Å². The SMILES string of the molecule is CC(=O)OCC1=C(C(=O)O)N2C(=O)[C@@H](NC(=O)CSc3ccncc3)[C@H]2SC1.Cc1nnc(SCC2=C(C(=O)O)N3C(=O)[C@@H](NC(=O)Cn4cnnn4)[C@H]3SC2)s1. The van der Waals surface area contributed by atoms with Crippen molar-refractivity contribution in [3.05, 3.63) is 58.4 Å². The number of carbonyl (C=O) groups is 7. The average Bonchev–Trinajstić information content (AvgIpc) is 3.87. The van der Waals surface area contributed by atoms with E-state index in [2.05, 4.69) is 41.3 Å². The molecule has 0 aromatic carbocycles. The van der Waals surface area contributed by atoms with E-state index in [0.717, 1.165) is 19.1 Å². The maximum atomic E-state index is 12.6. The van der Waals surface area contributed by atoms with Crippen LogP contribution in [0.1, 0.15) is 11.9 Å². The lowest BCUT2D eigenvalue weighted by atomic mass is 10.0. The molecule has 57 heavy (non-hydrogen) atoms. The fraction of sp³-hybridized carbons (Fsp3) is 0.387. The Kier molecular flexibility index (Phi) is 13.5. The van der Waals surface area contributed by atoms with E-state index in [1.54, 1.807) is 24.5 Å². The van der Waals surface area contributed by atoms with Gasteiger partial charge < -0.3 is 25.6 Å². The predicted octanol–water partition coefficient (Wildman–Crippen LogP) is -0.161. The molecule has 0 bridgehead atoms. The molecule has 7 rings (SSSR count). The molecule has 0 radical (unpaired) electrons. The Morgan fingerprint density at radius 2 is 1.51 bits per heavy atom. The lowest BCUT2D eigenvalue weighted by Crippen LogP contribution is -2.70. The summed E-state index contributed by atoms with van der Waals surface area (Å²) in [4.78, 5) is 91.0. The average molecular weight is 878 g/mol. The first-order chi connectivity index (χ1) is 27.3. The summed E-state index contributed by atoms with van der Waals surface area (Å²) in [6.45, 7) is 2.76. The number of hydrogen-bond donors (Lipinski definition) is 4. The molecule has 4 aliphatic heterocycles. The number of aromatic nitrogens is 7. The third-order valence-corrected chi connectivity index (χ3v) is 13.9. The molecule has 0 spiro atoms. The zero-order chi connectivity index (χ0) is 40.8. The highest BCUT2D eigenvalue weighted by atomic mass is 32.2. The summed E-state index contributed by atoms with van der Waals surface area (Å²) in [6.07, 6.45) is 4.54. The van der Waals surface area contributed by atoms with Gasteiger partial charge in [-0.05, 0) is 35.1 Å². The molecule has 300 valence electrons. The molecular formula is C31H31N11O10S5. The summed E-state index contributed by atoms with van der Waals surface area (Å²) >= 11 is 6.88. The van der Waals surface area contributed by atoms with E-state index in [1.165, 1.54) is 81.2 Å². The van der Waals surface area contributed by atoms with Crippen LogP contribution in [0.15, 0.2) is 62.6 Å². The zero-order valence-electron chi connectivity index (χ0n) is 29.7. The number of amides is 4. The summed E-state index contributed by atoms with van der Waals surface area (Å²) in [5.41, 5.74) is 0.809. The first-order valence-electron chi connectivity index (χ1n) is 16.5. The topological polar surface area (TPSA) is 282 Å². The quantitative estimate of drug-likeness (QED) is 0.0930. The molecular weight excluding hydrogens is 847 g/mol. The van der Waals surface area contributed by atoms with Crippen LogP contribution in [0, 0.1) is 6.92 Å². The molecule has 3 aromatic heterocycles. The Morgan fingerprint density at radius 1 is 0.895 bits per heavy atom. The molecule has 26 heteroatoms. The number of β-lactam (4-membered cyclic amide) rings is 2. The first kappa shape index (κ1) is 41.6. The van der Waals surface area contributed by atoms with Gasteiger partial charge in [0.2, 0.25) is 11.8 Å². The molecule has 0 saturated carbocycles. The number of carboxylic acid groups (broad SMARTS) is 2. The van der Waals surface area contributed by atoms with Gasteiger partial charge in [0.25, 0.3) is 11.8 Å². The minimum atomic E-state index is -1.26. The van der Waals surface area contributed by atoms with Crippen LogP contribution in [0.4, 0.5) is 0 Å². The highest BCUT2D eigenvalue weighted by Crippen LogP contribution is 2.42. The smallest absolute Gasteiger partial charge is 0.352 e. The van der Waals surface area contributed by atoms with Crippen LogP contribution in [-0.4, -0.2) is 149 Å². The normalized spacial score (nSPS) is 20.9. The number of rotatable bonds is 14. The Labute approximate surface area is 343 Å². The summed E-state index contributed by atoms with van der Waals surface area (Å²) < 4.78 is 6.86. The van der Waals surface area contributed by atoms with E-state index < -0.39 is 58.5 Å². The number of pyridine rings is 1. The minimum absolute atomic E-state index is 0.0153. The molecule has 2 saturated heterocycles. The van der Waals surface area contributed by atoms with E-state index in [0.29, 0.717) is 28.4 Å². The highest BCUT2D eigenvalue weighted by Gasteiger charge is 2.55. The van der Waals surface area contributed by atoms with Gasteiger partial charge in [-0.3, -0.25) is 38.8 Å². The van der Waals surface area contributed by atoms with Crippen molar-refractivity contribution >= 4 is 99.9 Å². The molecule has 4 aliphatic rings. The van der Waals surface area contributed by atoms with Gasteiger partial charge in [0.05, 0.1) is 5.75 Å². The molecule has 3 aromatic rings. The van der Waals surface area contributed by atoms with E-state index in [9.17, 15) is 43.8 Å². The standard InChI is InChI=1S/C17H17N3O6S2.C14H14N8O4S3/c1-9(21)26-6-10-7-28-16-13(15(23)20(16)14(10)17(24)25)19-12(22)8-27-11-2-4-18-5-3-11;1-6-17-18-14(29-6)28-4-7-3-27-12-9(11(24)22(12)10(7)13(25)26)16-8(23)2-21-5-15-19-20-21/h2-5,13,16H,6-8H2,1H3,(H,19,22)(H,24,25);5,9,12H,2-4H2,1H3,(H,16,23)(H,25,26)/t13-,16-;9-,12-/m11/s1. The predicted molar refractivity (Wildman–Crippen MR) is 204 cm³/mol. The fourth-order valence-corrected chi connectivity index (χ4v) is 11.0. The molecule has 21 nitrogen and oxygen atoms in total. The van der Waals surface area contributed by atoms with Gasteiger partial charge in [0.1, 0.15) is 58.7 Å². The molecule has 4 amide bonds. The van der Waals surface area contributed by atoms with Gasteiger partial charge in [0.15, 0.2) is 4.34 Å². The van der Waals surface area contributed by atoms with Crippen molar-refractivity contribution in [3.8, 4) is 0 Å². The van der Waals surface area contributed by atoms with Crippen molar-refractivity contribution in [3.63, 3.8) is 0 Å². The Hall–Kier alpha value is -5.05. The zero-order valence-corrected chi connectivity index (χ0v) is 33.7. The Morgan fingerprint density at radius 3 is 2.07 bits per heavy atom. The third kappa shape index (κ3) is 9.74. The summed E-state index contributed by atoms with van der Waals surface area (Å²) in [5, 5.41) is 42.8. The molecule has 4 atom stereocenters. The number of carboxylic acids is 2. The minimum Gasteiger partial charge on any atom is -0.477 e. The van der Waals surface area contributed by atoms with Gasteiger partial charge in [-0.1, -0.05) is 23.1 Å². The number of ether oxygens (including phenoxy) is 1. The summed E-state index contributed by atoms with van der Waals surface area (Å²) in [5.74, 6) is -3.36. The molecule has 4 N–H and O–H groups in total. The maximum Gasteiger partial charge on any atom is 0.352 e. The van der Waals surface area contributed by atoms with Crippen LogP contribution < -0.4 is 10.6 Å². The summed E-state index contributed by atoms with van der Waals surface area (Å²) in [6, 6.07) is 2.00. The Bertz CT molecular complexity index is 2130. The number of carbonyl (C=O) groups excluding carboxylic acids is 5. The van der Waals surface area contributed by atoms with Gasteiger partial charge in [-0.2, -0.15) is 0 Å². The number of esters is 1. The van der Waals surface area contributed by atoms with Gasteiger partial charge in [-0.15, -0.1) is 50.6 Å². The number of aliphatic carboxylic acids is 2. The molecule has 7 heterocycles. The number of hydrogen-bond acceptors (Lipinski definition) is 19. The number of nitrogens with one attached hydrogen (secondary N) is 2. The Balaban J connectivity index is 0.000000193. The second kappa shape index (κ2) is 18.5. The van der Waals surface area contributed by atoms with E-state index in [-0.39, 0.29) is 36.2 Å². The van der Waals surface area contributed by atoms with Crippen molar-refractivity contribution < 1.29 is 48.5 Å². The summed E-state index contributed by atoms with van der Waals surface area (Å²) in [7, 11) is 0. The van der Waals surface area contributed by atoms with Crippen molar-refractivity contribution in [2.45, 2.75) is 52.5 Å². The second-order valence-corrected chi connectivity index (χ2v) is 17.7. The first-order valence-corrected chi connectivity index (χ1v) is 21.4. The van der Waals surface area contributed by atoms with Crippen LogP contribution in [0.2, 0.25) is 0 Å². The number of aryl methyl sites for hydroxylation is 1. The third-order valence-electron chi connectivity index (χ3n) is 8.18. The number of tetrazole rings is 1. The van der Waals surface area contributed by atoms with Gasteiger partial charge in [0, 0.05) is 47.0 Å². The largest absolute Gasteiger partial charge is 0.477 e. The van der Waals surface area contributed by atoms with Crippen LogP contribution >= 0.6 is 58.4 Å². The highest BCUT2D eigenvalue weighted by molar-refractivity contribution is 8.02. The number of nitrogens with zero attached hydrogens (tertiary/aromatic N) is 9. The lowest BCUT2D eigenvalue weighted by Gasteiger charge is -2.49. The second-order valence-electron chi connectivity index (χ2n) is 12.1. The van der Waals surface area contributed by atoms with Crippen molar-refractivity contribution in [2.75, 3.05) is 29.6 Å². The monoisotopic (exact) mass is 877 g/mol. The van der Waals surface area contributed by atoms with Crippen molar-refractivity contribution in [2.24, 2.45) is 0 Å². The fourth-order valence-electron chi connectivity index (χ4n) is 5.68. The van der Waals surface area contributed by atoms with E-state index >= 15 is 0 Å². The number of thioether (sulfide) groups is 4. The van der Waals surface area contributed by atoms with E-state index in [1.807, 2.05) is 6.92 Å². The molecule has 0 unspecified atom stereocenters. The van der Waals surface area contributed by atoms with Crippen LogP contribution in [0.25, 0.3) is 0 Å². The van der Waals surface area contributed by atoms with Crippen LogP contribution in [0.5, 0.6) is 0 Å². The molecule has 2 fully saturated rings. The van der Waals surface area contributed by atoms with Gasteiger partial charge in [-0.25, -0.2) is 14.3 Å². The molecule has 0 aliphatic carbocycles.